The summed E-state index contributed by atoms with van der Waals surface area (Å²) in [5, 5.41) is 12.4. The lowest BCUT2D eigenvalue weighted by Gasteiger charge is -2.22. The molecule has 0 radical (unpaired) electrons. The number of rotatable bonds is 4. The maximum atomic E-state index is 12.3. The van der Waals surface area contributed by atoms with Crippen molar-refractivity contribution in [3.8, 4) is 6.07 Å². The number of halogens is 1. The Hall–Kier alpha value is -1.10. The zero-order chi connectivity index (χ0) is 13.2. The summed E-state index contributed by atoms with van der Waals surface area (Å²) in [5.74, 6) is 0. The van der Waals surface area contributed by atoms with Crippen molar-refractivity contribution >= 4 is 21.6 Å². The van der Waals surface area contributed by atoms with Crippen LogP contribution in [0.2, 0.25) is 5.02 Å². The molecule has 6 nitrogen and oxygen atoms in total. The molecule has 1 heterocycles. The summed E-state index contributed by atoms with van der Waals surface area (Å²) in [6, 6.07) is 1.50. The lowest BCUT2D eigenvalue weighted by molar-refractivity contribution is 0.381. The Labute approximate surface area is 105 Å². The molecule has 1 aromatic heterocycles. The molecule has 8 heteroatoms. The van der Waals surface area contributed by atoms with Gasteiger partial charge in [-0.05, 0) is 13.8 Å². The Bertz CT molecular complexity index is 524. The Balaban J connectivity index is 3.32. The smallest absolute Gasteiger partial charge is 0.255 e. The van der Waals surface area contributed by atoms with Gasteiger partial charge in [0, 0.05) is 13.1 Å². The van der Waals surface area contributed by atoms with E-state index in [4.69, 9.17) is 16.9 Å². The van der Waals surface area contributed by atoms with Gasteiger partial charge < -0.3 is 0 Å². The van der Waals surface area contributed by atoms with Gasteiger partial charge in [0.2, 0.25) is 0 Å². The number of hydrogen-bond acceptors (Lipinski definition) is 4. The quantitative estimate of drug-likeness (QED) is 0.769. The normalized spacial score (nSPS) is 12.1. The molecular formula is C9H13ClN4O2S. The molecule has 0 amide bonds. The SMILES string of the molecule is CC(C)N(CC#N)S(=O)(=O)c1c(Cl)cnn1C. The third-order valence-electron chi connectivity index (χ3n) is 2.20. The minimum absolute atomic E-state index is 0.0519. The highest BCUT2D eigenvalue weighted by molar-refractivity contribution is 7.89. The molecule has 0 bridgehead atoms. The fourth-order valence-corrected chi connectivity index (χ4v) is 3.56. The van der Waals surface area contributed by atoms with Crippen molar-refractivity contribution in [2.45, 2.75) is 24.9 Å². The molecule has 0 spiro atoms. The van der Waals surface area contributed by atoms with Crippen LogP contribution in [0.4, 0.5) is 0 Å². The van der Waals surface area contributed by atoms with Crippen LogP contribution in [0.25, 0.3) is 0 Å². The van der Waals surface area contributed by atoms with Crippen LogP contribution in [-0.2, 0) is 17.1 Å². The predicted molar refractivity (Wildman–Crippen MR) is 62.9 cm³/mol. The predicted octanol–water partition coefficient (Wildman–Crippen LogP) is 0.996. The van der Waals surface area contributed by atoms with Crippen LogP contribution in [0, 0.1) is 11.3 Å². The molecule has 0 aliphatic carbocycles. The number of aryl methyl sites for hydroxylation is 1. The van der Waals surface area contributed by atoms with E-state index in [1.807, 2.05) is 6.07 Å². The second kappa shape index (κ2) is 5.04. The van der Waals surface area contributed by atoms with Crippen molar-refractivity contribution < 1.29 is 8.42 Å². The molecule has 0 aromatic carbocycles. The topological polar surface area (TPSA) is 79.0 Å². The monoisotopic (exact) mass is 276 g/mol. The van der Waals surface area contributed by atoms with Crippen molar-refractivity contribution in [3.05, 3.63) is 11.2 Å². The lowest BCUT2D eigenvalue weighted by Crippen LogP contribution is -2.38. The molecule has 0 saturated heterocycles. The third kappa shape index (κ3) is 2.60. The van der Waals surface area contributed by atoms with Crippen LogP contribution in [0.1, 0.15) is 13.8 Å². The highest BCUT2D eigenvalue weighted by Crippen LogP contribution is 2.24. The van der Waals surface area contributed by atoms with Gasteiger partial charge in [-0.3, -0.25) is 4.68 Å². The number of nitrogens with zero attached hydrogens (tertiary/aromatic N) is 4. The third-order valence-corrected chi connectivity index (χ3v) is 4.73. The molecule has 0 atom stereocenters. The molecule has 0 fully saturated rings. The van der Waals surface area contributed by atoms with Gasteiger partial charge in [-0.25, -0.2) is 8.42 Å². The summed E-state index contributed by atoms with van der Waals surface area (Å²) in [6.45, 7) is 3.17. The Kier molecular flexibility index (Phi) is 4.14. The van der Waals surface area contributed by atoms with E-state index in [0.717, 1.165) is 4.31 Å². The summed E-state index contributed by atoms with van der Waals surface area (Å²) in [4.78, 5) is 0. The van der Waals surface area contributed by atoms with Gasteiger partial charge in [-0.1, -0.05) is 11.6 Å². The van der Waals surface area contributed by atoms with Gasteiger partial charge in [0.1, 0.15) is 6.54 Å². The summed E-state index contributed by atoms with van der Waals surface area (Å²) in [6.07, 6.45) is 1.26. The first-order valence-corrected chi connectivity index (χ1v) is 6.70. The van der Waals surface area contributed by atoms with Crippen molar-refractivity contribution in [1.82, 2.24) is 14.1 Å². The molecule has 0 aliphatic rings. The van der Waals surface area contributed by atoms with Gasteiger partial charge in [0.15, 0.2) is 5.03 Å². The molecule has 0 N–H and O–H groups in total. The lowest BCUT2D eigenvalue weighted by atomic mass is 10.4. The summed E-state index contributed by atoms with van der Waals surface area (Å²) < 4.78 is 26.9. The van der Waals surface area contributed by atoms with Crippen LogP contribution in [0.5, 0.6) is 0 Å². The Morgan fingerprint density at radius 3 is 2.59 bits per heavy atom. The summed E-state index contributed by atoms with van der Waals surface area (Å²) >= 11 is 5.81. The van der Waals surface area contributed by atoms with E-state index in [1.54, 1.807) is 13.8 Å². The Morgan fingerprint density at radius 1 is 1.65 bits per heavy atom. The van der Waals surface area contributed by atoms with E-state index < -0.39 is 10.0 Å². The minimum Gasteiger partial charge on any atom is -0.255 e. The zero-order valence-corrected chi connectivity index (χ0v) is 11.3. The molecule has 17 heavy (non-hydrogen) atoms. The van der Waals surface area contributed by atoms with Gasteiger partial charge in [0.05, 0.1) is 17.3 Å². The summed E-state index contributed by atoms with van der Waals surface area (Å²) in [7, 11) is -2.31. The standard InChI is InChI=1S/C9H13ClN4O2S/c1-7(2)14(5-4-11)17(15,16)9-8(10)6-12-13(9)3/h6-7H,5H2,1-3H3. The van der Waals surface area contributed by atoms with Gasteiger partial charge >= 0.3 is 0 Å². The highest BCUT2D eigenvalue weighted by atomic mass is 35.5. The van der Waals surface area contributed by atoms with E-state index in [2.05, 4.69) is 5.10 Å². The second-order valence-electron chi connectivity index (χ2n) is 3.72. The van der Waals surface area contributed by atoms with Crippen LogP contribution < -0.4 is 0 Å². The maximum Gasteiger partial charge on any atom is 0.262 e. The molecule has 94 valence electrons. The van der Waals surface area contributed by atoms with Crippen molar-refractivity contribution in [2.24, 2.45) is 7.05 Å². The largest absolute Gasteiger partial charge is 0.262 e. The molecule has 0 aliphatic heterocycles. The average Bonchev–Trinajstić information content (AvgIpc) is 2.54. The van der Waals surface area contributed by atoms with Crippen molar-refractivity contribution in [1.29, 1.82) is 5.26 Å². The van der Waals surface area contributed by atoms with E-state index in [9.17, 15) is 8.42 Å². The minimum atomic E-state index is -3.80. The molecule has 0 saturated carbocycles. The van der Waals surface area contributed by atoms with Crippen LogP contribution >= 0.6 is 11.6 Å². The first-order valence-electron chi connectivity index (χ1n) is 4.88. The van der Waals surface area contributed by atoms with Crippen molar-refractivity contribution in [3.63, 3.8) is 0 Å². The van der Waals surface area contributed by atoms with Gasteiger partial charge in [0.25, 0.3) is 10.0 Å². The molecule has 0 unspecified atom stereocenters. The van der Waals surface area contributed by atoms with Crippen LogP contribution in [0.15, 0.2) is 11.2 Å². The summed E-state index contributed by atoms with van der Waals surface area (Å²) in [5.41, 5.74) is 0. The first kappa shape index (κ1) is 14.0. The van der Waals surface area contributed by atoms with Crippen LogP contribution in [0.3, 0.4) is 0 Å². The maximum absolute atomic E-state index is 12.3. The number of aromatic nitrogens is 2. The van der Waals surface area contributed by atoms with E-state index >= 15 is 0 Å². The molecular weight excluding hydrogens is 264 g/mol. The fraction of sp³-hybridized carbons (Fsp3) is 0.556. The Morgan fingerprint density at radius 2 is 2.24 bits per heavy atom. The number of nitriles is 1. The first-order chi connectivity index (χ1) is 7.82. The van der Waals surface area contributed by atoms with E-state index in [1.165, 1.54) is 17.9 Å². The molecule has 1 rings (SSSR count). The second-order valence-corrected chi connectivity index (χ2v) is 5.94. The van der Waals surface area contributed by atoms with Crippen LogP contribution in [-0.4, -0.2) is 35.1 Å². The van der Waals surface area contributed by atoms with Gasteiger partial charge in [-0.15, -0.1) is 0 Å². The molecule has 1 aromatic rings. The van der Waals surface area contributed by atoms with E-state index in [0.29, 0.717) is 0 Å². The number of hydrogen-bond donors (Lipinski definition) is 0. The van der Waals surface area contributed by atoms with Crippen molar-refractivity contribution in [2.75, 3.05) is 6.54 Å². The highest BCUT2D eigenvalue weighted by Gasteiger charge is 2.31. The van der Waals surface area contributed by atoms with E-state index in [-0.39, 0.29) is 22.6 Å². The fourth-order valence-electron chi connectivity index (χ4n) is 1.42. The zero-order valence-electron chi connectivity index (χ0n) is 9.75. The average molecular weight is 277 g/mol. The van der Waals surface area contributed by atoms with Gasteiger partial charge in [-0.2, -0.15) is 14.7 Å². The number of sulfonamides is 1.